The van der Waals surface area contributed by atoms with E-state index < -0.39 is 6.43 Å². The first kappa shape index (κ1) is 13.0. The van der Waals surface area contributed by atoms with Crippen LogP contribution in [0.5, 0.6) is 0 Å². The number of nitrogens with two attached hydrogens (primary N) is 1. The van der Waals surface area contributed by atoms with Crippen LogP contribution in [0.2, 0.25) is 0 Å². The molecular weight excluding hydrogens is 236 g/mol. The minimum atomic E-state index is -2.38. The summed E-state index contributed by atoms with van der Waals surface area (Å²) in [6.45, 7) is 1.69. The Morgan fingerprint density at radius 2 is 2.22 bits per heavy atom. The van der Waals surface area contributed by atoms with Crippen LogP contribution in [-0.4, -0.2) is 22.0 Å². The molecule has 1 atom stereocenters. The van der Waals surface area contributed by atoms with Crippen LogP contribution < -0.4 is 5.73 Å². The largest absolute Gasteiger partial charge is 0.327 e. The highest BCUT2D eigenvalue weighted by Crippen LogP contribution is 2.21. The molecule has 0 aliphatic rings. The van der Waals surface area contributed by atoms with Crippen molar-refractivity contribution in [2.24, 2.45) is 5.73 Å². The van der Waals surface area contributed by atoms with Gasteiger partial charge in [-0.3, -0.25) is 0 Å². The lowest BCUT2D eigenvalue weighted by Crippen LogP contribution is -2.21. The van der Waals surface area contributed by atoms with Crippen molar-refractivity contribution in [1.82, 2.24) is 9.55 Å². The van der Waals surface area contributed by atoms with E-state index in [2.05, 4.69) is 4.98 Å². The Hall–Kier alpha value is -1.49. The summed E-state index contributed by atoms with van der Waals surface area (Å²) in [4.78, 5) is 4.18. The molecule has 0 aliphatic carbocycles. The Balaban J connectivity index is 2.40. The average molecular weight is 253 g/mol. The van der Waals surface area contributed by atoms with Gasteiger partial charge in [-0.15, -0.1) is 0 Å². The zero-order chi connectivity index (χ0) is 13.1. The minimum Gasteiger partial charge on any atom is -0.327 e. The Morgan fingerprint density at radius 3 is 2.89 bits per heavy atom. The van der Waals surface area contributed by atoms with Gasteiger partial charge in [-0.2, -0.15) is 0 Å². The molecule has 0 spiro atoms. The maximum absolute atomic E-state index is 12.5. The zero-order valence-electron chi connectivity index (χ0n) is 10.3. The van der Waals surface area contributed by atoms with Crippen molar-refractivity contribution >= 4 is 11.0 Å². The number of aromatic nitrogens is 2. The third-order valence-corrected chi connectivity index (χ3v) is 3.06. The monoisotopic (exact) mass is 253 g/mol. The third kappa shape index (κ3) is 2.67. The van der Waals surface area contributed by atoms with Crippen molar-refractivity contribution in [3.05, 3.63) is 30.1 Å². The highest BCUT2D eigenvalue weighted by molar-refractivity contribution is 5.80. The van der Waals surface area contributed by atoms with Crippen LogP contribution in [0, 0.1) is 0 Å². The number of alkyl halides is 2. The maximum atomic E-state index is 12.5. The molecule has 0 aromatic carbocycles. The Labute approximate surface area is 105 Å². The lowest BCUT2D eigenvalue weighted by molar-refractivity contribution is 0.128. The van der Waals surface area contributed by atoms with Gasteiger partial charge in [0.2, 0.25) is 0 Å². The van der Waals surface area contributed by atoms with Crippen LogP contribution >= 0.6 is 0 Å². The topological polar surface area (TPSA) is 43.8 Å². The zero-order valence-corrected chi connectivity index (χ0v) is 10.3. The Kier molecular flexibility index (Phi) is 3.91. The van der Waals surface area contributed by atoms with Gasteiger partial charge in [-0.1, -0.05) is 6.92 Å². The molecule has 3 nitrogen and oxygen atoms in total. The molecule has 2 aromatic rings. The average Bonchev–Trinajstić information content (AvgIpc) is 2.67. The molecule has 2 N–H and O–H groups in total. The van der Waals surface area contributed by atoms with Crippen molar-refractivity contribution in [2.75, 3.05) is 0 Å². The molecule has 0 aliphatic heterocycles. The van der Waals surface area contributed by atoms with Crippen LogP contribution in [0.25, 0.3) is 11.0 Å². The van der Waals surface area contributed by atoms with Crippen molar-refractivity contribution in [2.45, 2.75) is 38.8 Å². The molecule has 18 heavy (non-hydrogen) atoms. The highest BCUT2D eigenvalue weighted by atomic mass is 19.3. The van der Waals surface area contributed by atoms with Gasteiger partial charge in [0, 0.05) is 23.8 Å². The molecule has 0 fully saturated rings. The van der Waals surface area contributed by atoms with Crippen molar-refractivity contribution in [1.29, 1.82) is 0 Å². The quantitative estimate of drug-likeness (QED) is 0.890. The van der Waals surface area contributed by atoms with Crippen LogP contribution in [0.4, 0.5) is 8.78 Å². The molecule has 0 saturated carbocycles. The summed E-state index contributed by atoms with van der Waals surface area (Å²) in [5.41, 5.74) is 7.53. The van der Waals surface area contributed by atoms with E-state index in [1.807, 2.05) is 19.1 Å². The third-order valence-electron chi connectivity index (χ3n) is 3.06. The van der Waals surface area contributed by atoms with Crippen molar-refractivity contribution in [3.8, 4) is 0 Å². The molecule has 0 amide bonds. The van der Waals surface area contributed by atoms with Crippen LogP contribution in [0.15, 0.2) is 24.5 Å². The van der Waals surface area contributed by atoms with E-state index in [0.717, 1.165) is 17.4 Å². The fourth-order valence-corrected chi connectivity index (χ4v) is 2.07. The van der Waals surface area contributed by atoms with E-state index >= 15 is 0 Å². The molecular formula is C13H17F2N3. The summed E-state index contributed by atoms with van der Waals surface area (Å²) >= 11 is 0. The number of rotatable bonds is 5. The number of hydrogen-bond donors (Lipinski definition) is 1. The van der Waals surface area contributed by atoms with Gasteiger partial charge in [0.05, 0.1) is 6.54 Å². The molecule has 0 saturated heterocycles. The van der Waals surface area contributed by atoms with E-state index in [4.69, 9.17) is 5.73 Å². The first-order valence-electron chi connectivity index (χ1n) is 6.08. The normalized spacial score (nSPS) is 13.4. The predicted octanol–water partition coefficient (Wildman–Crippen LogP) is 2.58. The summed E-state index contributed by atoms with van der Waals surface area (Å²) in [5, 5.41) is 0.919. The van der Waals surface area contributed by atoms with Gasteiger partial charge < -0.3 is 10.3 Å². The second-order valence-corrected chi connectivity index (χ2v) is 4.44. The number of nitrogens with zero attached hydrogens (tertiary/aromatic N) is 2. The van der Waals surface area contributed by atoms with Crippen LogP contribution in [0.3, 0.4) is 0 Å². The number of fused-ring (bicyclic) bond motifs is 1. The molecule has 1 unspecified atom stereocenters. The summed E-state index contributed by atoms with van der Waals surface area (Å²) in [5.74, 6) is 0. The molecule has 98 valence electrons. The maximum Gasteiger partial charge on any atom is 0.256 e. The van der Waals surface area contributed by atoms with Crippen LogP contribution in [0.1, 0.15) is 18.9 Å². The molecule has 2 heterocycles. The van der Waals surface area contributed by atoms with Gasteiger partial charge >= 0.3 is 0 Å². The summed E-state index contributed by atoms with van der Waals surface area (Å²) < 4.78 is 26.5. The van der Waals surface area contributed by atoms with Gasteiger partial charge in [0.25, 0.3) is 6.43 Å². The molecule has 2 aromatic heterocycles. The van der Waals surface area contributed by atoms with E-state index in [0.29, 0.717) is 12.1 Å². The molecule has 5 heteroatoms. The van der Waals surface area contributed by atoms with E-state index in [-0.39, 0.29) is 12.6 Å². The molecule has 0 radical (unpaired) electrons. The molecule has 2 rings (SSSR count). The summed E-state index contributed by atoms with van der Waals surface area (Å²) in [7, 11) is 0. The first-order valence-corrected chi connectivity index (χ1v) is 6.08. The first-order chi connectivity index (χ1) is 8.61. The fourth-order valence-electron chi connectivity index (χ4n) is 2.07. The second-order valence-electron chi connectivity index (χ2n) is 4.44. The second kappa shape index (κ2) is 5.44. The van der Waals surface area contributed by atoms with Crippen molar-refractivity contribution < 1.29 is 8.78 Å². The van der Waals surface area contributed by atoms with E-state index in [1.54, 1.807) is 12.4 Å². The highest BCUT2D eigenvalue weighted by Gasteiger charge is 2.14. The molecule has 0 bridgehead atoms. The van der Waals surface area contributed by atoms with Gasteiger partial charge in [0.15, 0.2) is 0 Å². The fraction of sp³-hybridized carbons (Fsp3) is 0.462. The van der Waals surface area contributed by atoms with Gasteiger partial charge in [-0.05, 0) is 30.5 Å². The Morgan fingerprint density at radius 1 is 1.44 bits per heavy atom. The minimum absolute atomic E-state index is 0.0517. The van der Waals surface area contributed by atoms with Gasteiger partial charge in [0.1, 0.15) is 5.65 Å². The van der Waals surface area contributed by atoms with Crippen molar-refractivity contribution in [3.63, 3.8) is 0 Å². The van der Waals surface area contributed by atoms with Gasteiger partial charge in [-0.25, -0.2) is 13.8 Å². The standard InChI is InChI=1S/C13H17F2N3/c1-2-10(16)6-9-7-18(8-12(14)15)13-11(9)4-3-5-17-13/h3-5,7,10,12H,2,6,8,16H2,1H3. The lowest BCUT2D eigenvalue weighted by atomic mass is 10.1. The number of halogens is 2. The lowest BCUT2D eigenvalue weighted by Gasteiger charge is -2.06. The SMILES string of the molecule is CCC(N)Cc1cn(CC(F)F)c2ncccc12. The smallest absolute Gasteiger partial charge is 0.256 e. The Bertz CT molecular complexity index is 522. The summed E-state index contributed by atoms with van der Waals surface area (Å²) in [6, 6.07) is 3.77. The van der Waals surface area contributed by atoms with E-state index in [9.17, 15) is 8.78 Å². The predicted molar refractivity (Wildman–Crippen MR) is 67.7 cm³/mol. The number of hydrogen-bond acceptors (Lipinski definition) is 2. The van der Waals surface area contributed by atoms with E-state index in [1.165, 1.54) is 4.57 Å². The number of pyridine rings is 1. The van der Waals surface area contributed by atoms with Crippen LogP contribution in [-0.2, 0) is 13.0 Å². The summed E-state index contributed by atoms with van der Waals surface area (Å²) in [6.07, 6.45) is 2.54.